The summed E-state index contributed by atoms with van der Waals surface area (Å²) in [5, 5.41) is 9.88. The molecule has 0 saturated heterocycles. The van der Waals surface area contributed by atoms with Gasteiger partial charge < -0.3 is 10.2 Å². The summed E-state index contributed by atoms with van der Waals surface area (Å²) in [5.74, 6) is 0. The Morgan fingerprint density at radius 2 is 1.21 bits per heavy atom. The number of hydrogen-bond acceptors (Lipinski definition) is 3. The van der Waals surface area contributed by atoms with E-state index in [0.717, 1.165) is 0 Å². The molecule has 0 fully saturated rings. The Bertz CT molecular complexity index is 2500. The van der Waals surface area contributed by atoms with Crippen molar-refractivity contribution in [2.45, 2.75) is 16.7 Å². The summed E-state index contributed by atoms with van der Waals surface area (Å²) < 4.78 is 0. The third-order valence-corrected chi connectivity index (χ3v) is 16.8. The molecule has 0 unspecified atom stereocenters. The minimum absolute atomic E-state index is 1.22. The van der Waals surface area contributed by atoms with Crippen molar-refractivity contribution in [3.63, 3.8) is 0 Å². The summed E-state index contributed by atoms with van der Waals surface area (Å²) in [6.45, 7) is 2.24. The molecule has 0 bridgehead atoms. The van der Waals surface area contributed by atoms with Crippen LogP contribution in [0.5, 0.6) is 0 Å². The smallest absolute Gasteiger partial charge is 0.197 e. The molecule has 223 valence electrons. The van der Waals surface area contributed by atoms with Gasteiger partial charge in [-0.25, -0.2) is 0 Å². The van der Waals surface area contributed by atoms with Gasteiger partial charge in [0.25, 0.3) is 0 Å². The summed E-state index contributed by atoms with van der Waals surface area (Å²) in [4.78, 5) is 5.11. The van der Waals surface area contributed by atoms with Gasteiger partial charge in [0.05, 0.1) is 11.4 Å². The molecular weight excluding hydrogens is 615 g/mol. The fourth-order valence-corrected chi connectivity index (χ4v) is 15.5. The number of hydrogen-bond donors (Lipinski definition) is 1. The Labute approximate surface area is 286 Å². The fraction of sp³-hybridized carbons (Fsp3) is 0.0233. The van der Waals surface area contributed by atoms with Crippen LogP contribution in [0.3, 0.4) is 0 Å². The second kappa shape index (κ2) is 9.66. The Kier molecular flexibility index (Phi) is 5.39. The lowest BCUT2D eigenvalue weighted by Crippen LogP contribution is -2.74. The second-order valence-corrected chi connectivity index (χ2v) is 18.0. The normalized spacial score (nSPS) is 14.7. The molecule has 1 spiro atoms. The standard InChI is InChI=1S/C43H28BN2SSi/c1-26-24-30(41-34(25-26)46-33-17-5-6-18-35(33)47-36-19-11-15-31(44-41)43(36)46)29-14-10-23-40-42(29)45-32-16-4-9-22-39(32)48(40)37-20-7-2-12-27(37)28-13-3-8-21-38(28)48/h2-25,45H,1H3. The summed E-state index contributed by atoms with van der Waals surface area (Å²) in [7, 11) is -0.197. The lowest BCUT2D eigenvalue weighted by molar-refractivity contribution is 1.17. The molecule has 4 aliphatic rings. The quantitative estimate of drug-likeness (QED) is 0.195. The van der Waals surface area contributed by atoms with Crippen molar-refractivity contribution in [3.8, 4) is 22.3 Å². The predicted molar refractivity (Wildman–Crippen MR) is 206 cm³/mol. The lowest BCUT2D eigenvalue weighted by atomic mass is 9.58. The van der Waals surface area contributed by atoms with Crippen molar-refractivity contribution >= 4 is 87.2 Å². The highest BCUT2D eigenvalue weighted by Gasteiger charge is 2.52. The Hall–Kier alpha value is -5.23. The van der Waals surface area contributed by atoms with Crippen molar-refractivity contribution in [1.82, 2.24) is 0 Å². The van der Waals surface area contributed by atoms with E-state index in [-0.39, 0.29) is 0 Å². The van der Waals surface area contributed by atoms with Gasteiger partial charge in [0, 0.05) is 32.4 Å². The highest BCUT2D eigenvalue weighted by molar-refractivity contribution is 7.99. The molecule has 11 rings (SSSR count). The molecular formula is C43H28BN2SSi. The van der Waals surface area contributed by atoms with E-state index in [0.29, 0.717) is 0 Å². The van der Waals surface area contributed by atoms with E-state index in [2.05, 4.69) is 170 Å². The largest absolute Gasteiger partial charge is 0.355 e. The first-order valence-electron chi connectivity index (χ1n) is 16.6. The van der Waals surface area contributed by atoms with Gasteiger partial charge in [0.15, 0.2) is 15.4 Å². The molecule has 7 aromatic carbocycles. The van der Waals surface area contributed by atoms with Gasteiger partial charge in [-0.05, 0) is 85.7 Å². The van der Waals surface area contributed by atoms with Crippen LogP contribution in [0.1, 0.15) is 5.56 Å². The molecule has 1 radical (unpaired) electrons. The molecule has 2 nitrogen and oxygen atoms in total. The minimum atomic E-state index is -2.63. The molecule has 4 aliphatic heterocycles. The van der Waals surface area contributed by atoms with Crippen LogP contribution in [-0.2, 0) is 0 Å². The van der Waals surface area contributed by atoms with E-state index in [1.54, 1.807) is 0 Å². The van der Waals surface area contributed by atoms with Crippen LogP contribution in [0.2, 0.25) is 0 Å². The third-order valence-electron chi connectivity index (χ3n) is 10.7. The molecule has 0 aromatic heterocycles. The maximum atomic E-state index is 4.03. The molecule has 7 aromatic rings. The fourth-order valence-electron chi connectivity index (χ4n) is 8.93. The monoisotopic (exact) mass is 643 g/mol. The summed E-state index contributed by atoms with van der Waals surface area (Å²) in [5.41, 5.74) is 15.3. The number of para-hydroxylation sites is 4. The van der Waals surface area contributed by atoms with Gasteiger partial charge >= 0.3 is 0 Å². The zero-order valence-electron chi connectivity index (χ0n) is 26.3. The molecule has 0 atom stereocenters. The van der Waals surface area contributed by atoms with Crippen molar-refractivity contribution < 1.29 is 0 Å². The van der Waals surface area contributed by atoms with Gasteiger partial charge in [0.1, 0.15) is 0 Å². The van der Waals surface area contributed by atoms with Crippen LogP contribution in [0.25, 0.3) is 22.3 Å². The number of fused-ring (bicyclic) bond motifs is 13. The van der Waals surface area contributed by atoms with Crippen LogP contribution < -0.4 is 41.9 Å². The number of nitrogens with one attached hydrogen (secondary N) is 1. The SMILES string of the molecule is Cc1cc(-c2cccc3c2Nc2ccccc2[Si]32c3ccccc3-c3ccccc32)c2c(c1)N1c3ccccc3Sc3cccc(c31)[B]2. The van der Waals surface area contributed by atoms with Crippen LogP contribution in [0, 0.1) is 6.92 Å². The molecule has 0 amide bonds. The van der Waals surface area contributed by atoms with Crippen LogP contribution in [0.4, 0.5) is 28.4 Å². The number of anilines is 5. The van der Waals surface area contributed by atoms with Gasteiger partial charge in [-0.1, -0.05) is 132 Å². The lowest BCUT2D eigenvalue weighted by Gasteiger charge is -2.41. The number of aryl methyl sites for hydroxylation is 1. The van der Waals surface area contributed by atoms with E-state index in [1.807, 2.05) is 11.8 Å². The minimum Gasteiger partial charge on any atom is -0.355 e. The molecule has 5 heteroatoms. The first kappa shape index (κ1) is 26.8. The summed E-state index contributed by atoms with van der Waals surface area (Å²) in [6.07, 6.45) is 0. The van der Waals surface area contributed by atoms with Crippen molar-refractivity contribution in [1.29, 1.82) is 0 Å². The van der Waals surface area contributed by atoms with Gasteiger partial charge in [-0.15, -0.1) is 0 Å². The van der Waals surface area contributed by atoms with Crippen molar-refractivity contribution in [3.05, 3.63) is 151 Å². The van der Waals surface area contributed by atoms with Crippen LogP contribution in [-0.4, -0.2) is 15.4 Å². The predicted octanol–water partition coefficient (Wildman–Crippen LogP) is 6.98. The Morgan fingerprint density at radius 3 is 2.04 bits per heavy atom. The van der Waals surface area contributed by atoms with E-state index in [4.69, 9.17) is 0 Å². The van der Waals surface area contributed by atoms with E-state index >= 15 is 0 Å². The van der Waals surface area contributed by atoms with Gasteiger partial charge in [0.2, 0.25) is 0 Å². The maximum absolute atomic E-state index is 4.03. The molecule has 0 aliphatic carbocycles. The van der Waals surface area contributed by atoms with E-state index in [9.17, 15) is 0 Å². The highest BCUT2D eigenvalue weighted by Crippen LogP contribution is 2.52. The summed E-state index contributed by atoms with van der Waals surface area (Å²) in [6, 6.07) is 54.8. The average Bonchev–Trinajstić information content (AvgIpc) is 3.42. The zero-order chi connectivity index (χ0) is 31.6. The number of rotatable bonds is 1. The molecule has 0 saturated carbocycles. The third kappa shape index (κ3) is 3.35. The van der Waals surface area contributed by atoms with Gasteiger partial charge in [-0.2, -0.15) is 0 Å². The zero-order valence-corrected chi connectivity index (χ0v) is 28.1. The molecule has 48 heavy (non-hydrogen) atoms. The first-order chi connectivity index (χ1) is 23.7. The van der Waals surface area contributed by atoms with Crippen LogP contribution in [0.15, 0.2) is 155 Å². The average molecular weight is 644 g/mol. The van der Waals surface area contributed by atoms with Crippen molar-refractivity contribution in [2.75, 3.05) is 10.2 Å². The highest BCUT2D eigenvalue weighted by atomic mass is 32.2. The van der Waals surface area contributed by atoms with Gasteiger partial charge in [-0.3, -0.25) is 0 Å². The van der Waals surface area contributed by atoms with Crippen LogP contribution >= 0.6 is 11.8 Å². The van der Waals surface area contributed by atoms with E-state index in [1.165, 1.54) is 97.7 Å². The number of nitrogens with zero attached hydrogens (tertiary/aromatic N) is 1. The number of benzene rings is 7. The molecule has 1 N–H and O–H groups in total. The first-order valence-corrected chi connectivity index (χ1v) is 19.4. The topological polar surface area (TPSA) is 15.3 Å². The summed E-state index contributed by atoms with van der Waals surface area (Å²) >= 11 is 1.87. The second-order valence-electron chi connectivity index (χ2n) is 13.2. The Balaban J connectivity index is 1.21. The maximum Gasteiger partial charge on any atom is 0.197 e. The molecule has 4 heterocycles. The van der Waals surface area contributed by atoms with E-state index < -0.39 is 8.07 Å². The van der Waals surface area contributed by atoms with Crippen molar-refractivity contribution in [2.24, 2.45) is 0 Å². The Morgan fingerprint density at radius 1 is 0.562 bits per heavy atom.